The van der Waals surface area contributed by atoms with Crippen LogP contribution in [0.4, 0.5) is 13.6 Å². The van der Waals surface area contributed by atoms with Gasteiger partial charge >= 0.3 is 20.4 Å². The van der Waals surface area contributed by atoms with Crippen molar-refractivity contribution in [1.82, 2.24) is 0 Å². The van der Waals surface area contributed by atoms with Crippen LogP contribution in [0.15, 0.2) is 48.5 Å². The summed E-state index contributed by atoms with van der Waals surface area (Å²) in [6.45, 7) is 0. The van der Waals surface area contributed by atoms with E-state index in [2.05, 4.69) is 9.31 Å². The first kappa shape index (κ1) is 16.0. The van der Waals surface area contributed by atoms with Crippen LogP contribution >= 0.6 is 0 Å². The molecule has 0 fully saturated rings. The van der Waals surface area contributed by atoms with Crippen molar-refractivity contribution in [3.05, 3.63) is 60.2 Å². The second-order valence-electron chi connectivity index (χ2n) is 4.29. The molecule has 0 aliphatic rings. The van der Waals surface area contributed by atoms with E-state index >= 15 is 0 Å². The molecule has 2 rings (SSSR count). The van der Waals surface area contributed by atoms with E-state index in [1.807, 2.05) is 0 Å². The maximum atomic E-state index is 12.7. The van der Waals surface area contributed by atoms with E-state index in [0.29, 0.717) is 0 Å². The molecule has 9 heteroatoms. The zero-order valence-corrected chi connectivity index (χ0v) is 11.1. The summed E-state index contributed by atoms with van der Waals surface area (Å²) in [7, 11) is -3.35. The van der Waals surface area contributed by atoms with Gasteiger partial charge < -0.3 is 19.4 Å². The van der Waals surface area contributed by atoms with Gasteiger partial charge in [-0.3, -0.25) is 0 Å². The van der Waals surface area contributed by atoms with Gasteiger partial charge in [0, 0.05) is 0 Å². The molecule has 0 aliphatic carbocycles. The largest absolute Gasteiger partial charge is 0.564 e. The molecule has 0 amide bonds. The third-order valence-corrected chi connectivity index (χ3v) is 2.73. The summed E-state index contributed by atoms with van der Waals surface area (Å²) in [6, 6.07) is 9.24. The lowest BCUT2D eigenvalue weighted by Gasteiger charge is -2.11. The molecule has 112 valence electrons. The molecule has 5 nitrogen and oxygen atoms in total. The molecule has 0 spiro atoms. The number of halogens is 2. The molecular formula is C13H10B2F2O5. The van der Waals surface area contributed by atoms with Crippen LogP contribution in [0.1, 0.15) is 0 Å². The van der Waals surface area contributed by atoms with Crippen LogP contribution in [0.2, 0.25) is 0 Å². The van der Waals surface area contributed by atoms with Crippen LogP contribution in [0.5, 0.6) is 0 Å². The van der Waals surface area contributed by atoms with Gasteiger partial charge in [-0.2, -0.15) is 0 Å². The summed E-state index contributed by atoms with van der Waals surface area (Å²) < 4.78 is 34.5. The van der Waals surface area contributed by atoms with E-state index in [4.69, 9.17) is 0 Å². The Labute approximate surface area is 125 Å². The fourth-order valence-corrected chi connectivity index (χ4v) is 1.60. The maximum absolute atomic E-state index is 12.7. The van der Waals surface area contributed by atoms with E-state index in [1.54, 1.807) is 0 Å². The Bertz CT molecular complexity index is 580. The van der Waals surface area contributed by atoms with E-state index in [0.717, 1.165) is 24.3 Å². The van der Waals surface area contributed by atoms with Gasteiger partial charge in [0.2, 0.25) is 0 Å². The topological polar surface area (TPSA) is 76.0 Å². The highest BCUT2D eigenvalue weighted by molar-refractivity contribution is 6.63. The van der Waals surface area contributed by atoms with Gasteiger partial charge in [-0.1, -0.05) is 24.3 Å². The highest BCUT2D eigenvalue weighted by atomic mass is 19.1. The van der Waals surface area contributed by atoms with Crippen molar-refractivity contribution in [2.24, 2.45) is 0 Å². The quantitative estimate of drug-likeness (QED) is 0.789. The van der Waals surface area contributed by atoms with E-state index in [9.17, 15) is 23.6 Å². The molecule has 2 aromatic rings. The number of rotatable bonds is 4. The highest BCUT2D eigenvalue weighted by Crippen LogP contribution is 1.98. The molecule has 0 saturated carbocycles. The smallest absolute Gasteiger partial charge is 0.474 e. The highest BCUT2D eigenvalue weighted by Gasteiger charge is 2.27. The van der Waals surface area contributed by atoms with Crippen molar-refractivity contribution in [2.45, 2.75) is 0 Å². The number of hydrogen-bond acceptors (Lipinski definition) is 5. The van der Waals surface area contributed by atoms with Gasteiger partial charge in [-0.25, -0.2) is 13.6 Å². The molecule has 0 heterocycles. The minimum atomic E-state index is -1.67. The SMILES string of the molecule is O=C(OB(O)c1ccc(F)cc1)OB(O)c1ccc(F)cc1. The molecule has 2 aromatic carbocycles. The van der Waals surface area contributed by atoms with Crippen LogP contribution < -0.4 is 10.9 Å². The summed E-state index contributed by atoms with van der Waals surface area (Å²) >= 11 is 0. The standard InChI is InChI=1S/C13H10B2F2O5/c16-11-5-1-9(2-6-11)14(19)21-13(18)22-15(20)10-3-7-12(17)8-4-10/h1-8,19-20H. The van der Waals surface area contributed by atoms with Crippen LogP contribution in [-0.2, 0) is 9.31 Å². The van der Waals surface area contributed by atoms with Crippen LogP contribution in [-0.4, -0.2) is 30.4 Å². The van der Waals surface area contributed by atoms with E-state index in [-0.39, 0.29) is 10.9 Å². The predicted molar refractivity (Wildman–Crippen MR) is 75.6 cm³/mol. The summed E-state index contributed by atoms with van der Waals surface area (Å²) in [6.07, 6.45) is -1.34. The minimum absolute atomic E-state index is 0.134. The van der Waals surface area contributed by atoms with Crippen molar-refractivity contribution in [3.8, 4) is 0 Å². The molecule has 2 N–H and O–H groups in total. The van der Waals surface area contributed by atoms with Crippen molar-refractivity contribution in [3.63, 3.8) is 0 Å². The zero-order valence-electron chi connectivity index (χ0n) is 11.1. The van der Waals surface area contributed by atoms with Gasteiger partial charge in [0.05, 0.1) is 0 Å². The van der Waals surface area contributed by atoms with Crippen molar-refractivity contribution < 1.29 is 32.9 Å². The molecule has 0 radical (unpaired) electrons. The molecule has 0 unspecified atom stereocenters. The van der Waals surface area contributed by atoms with E-state index in [1.165, 1.54) is 24.3 Å². The molecule has 0 aromatic heterocycles. The van der Waals surface area contributed by atoms with Crippen molar-refractivity contribution in [1.29, 1.82) is 0 Å². The van der Waals surface area contributed by atoms with Crippen molar-refractivity contribution >= 4 is 31.3 Å². The van der Waals surface area contributed by atoms with Gasteiger partial charge in [-0.15, -0.1) is 0 Å². The summed E-state index contributed by atoms with van der Waals surface area (Å²) in [5.41, 5.74) is 0.268. The molecule has 0 atom stereocenters. The fraction of sp³-hybridized carbons (Fsp3) is 0. The Morgan fingerprint density at radius 1 is 0.773 bits per heavy atom. The van der Waals surface area contributed by atoms with Crippen LogP contribution in [0, 0.1) is 11.6 Å². The number of carbonyl (C=O) groups is 1. The molecule has 0 saturated heterocycles. The fourth-order valence-electron chi connectivity index (χ4n) is 1.60. The molecular weight excluding hydrogens is 296 g/mol. The Morgan fingerprint density at radius 2 is 1.09 bits per heavy atom. The lowest BCUT2D eigenvalue weighted by atomic mass is 9.79. The van der Waals surface area contributed by atoms with Crippen LogP contribution in [0.3, 0.4) is 0 Å². The molecule has 0 aliphatic heterocycles. The van der Waals surface area contributed by atoms with Gasteiger partial charge in [-0.05, 0) is 35.2 Å². The average Bonchev–Trinajstić information content (AvgIpc) is 2.48. The maximum Gasteiger partial charge on any atom is 0.564 e. The van der Waals surface area contributed by atoms with Crippen molar-refractivity contribution in [2.75, 3.05) is 0 Å². The van der Waals surface area contributed by atoms with Gasteiger partial charge in [0.1, 0.15) is 11.6 Å². The third kappa shape index (κ3) is 4.31. The first-order chi connectivity index (χ1) is 10.5. The Balaban J connectivity index is 1.91. The van der Waals surface area contributed by atoms with Gasteiger partial charge in [0.15, 0.2) is 0 Å². The van der Waals surface area contributed by atoms with Crippen LogP contribution in [0.25, 0.3) is 0 Å². The Hall–Kier alpha value is -2.38. The second kappa shape index (κ2) is 7.06. The average molecular weight is 306 g/mol. The van der Waals surface area contributed by atoms with E-state index < -0.39 is 32.0 Å². The summed E-state index contributed by atoms with van der Waals surface area (Å²) in [5, 5.41) is 19.2. The summed E-state index contributed by atoms with van der Waals surface area (Å²) in [5.74, 6) is -1.02. The molecule has 22 heavy (non-hydrogen) atoms. The predicted octanol–water partition coefficient (Wildman–Crippen LogP) is 0.193. The summed E-state index contributed by atoms with van der Waals surface area (Å²) in [4.78, 5) is 11.4. The Morgan fingerprint density at radius 3 is 1.41 bits per heavy atom. The first-order valence-corrected chi connectivity index (χ1v) is 6.20. The zero-order chi connectivity index (χ0) is 16.1. The normalized spacial score (nSPS) is 10.0. The number of carbonyl (C=O) groups excluding carboxylic acids is 1. The lowest BCUT2D eigenvalue weighted by Crippen LogP contribution is -2.41. The van der Waals surface area contributed by atoms with Gasteiger partial charge in [0.25, 0.3) is 0 Å². The second-order valence-corrected chi connectivity index (χ2v) is 4.29. The Kier molecular flexibility index (Phi) is 5.13. The first-order valence-electron chi connectivity index (χ1n) is 6.20. The minimum Gasteiger partial charge on any atom is -0.474 e. The number of benzene rings is 2. The third-order valence-electron chi connectivity index (χ3n) is 2.73. The number of hydrogen-bond donors (Lipinski definition) is 2. The molecule has 0 bridgehead atoms. The monoisotopic (exact) mass is 306 g/mol. The lowest BCUT2D eigenvalue weighted by molar-refractivity contribution is 0.138.